The van der Waals surface area contributed by atoms with Crippen molar-refractivity contribution < 1.29 is 9.21 Å². The van der Waals surface area contributed by atoms with Crippen LogP contribution in [-0.4, -0.2) is 23.5 Å². The smallest absolute Gasteiger partial charge is 0.273 e. The summed E-state index contributed by atoms with van der Waals surface area (Å²) in [4.78, 5) is 16.7. The molecule has 21 heavy (non-hydrogen) atoms. The highest BCUT2D eigenvalue weighted by Gasteiger charge is 2.29. The SMILES string of the molecule is CC1CCCC(NC(=O)c2coc(C3CCCN3)n2)C1C. The van der Waals surface area contributed by atoms with Crippen molar-refractivity contribution >= 4 is 5.91 Å². The number of aromatic nitrogens is 1. The topological polar surface area (TPSA) is 67.2 Å². The molecule has 2 fully saturated rings. The Morgan fingerprint density at radius 1 is 1.33 bits per heavy atom. The second kappa shape index (κ2) is 6.18. The van der Waals surface area contributed by atoms with E-state index in [1.54, 1.807) is 0 Å². The van der Waals surface area contributed by atoms with Gasteiger partial charge in [-0.3, -0.25) is 4.79 Å². The lowest BCUT2D eigenvalue weighted by Gasteiger charge is -2.34. The summed E-state index contributed by atoms with van der Waals surface area (Å²) < 4.78 is 5.47. The molecule has 5 nitrogen and oxygen atoms in total. The lowest BCUT2D eigenvalue weighted by atomic mass is 9.78. The minimum atomic E-state index is -0.103. The minimum absolute atomic E-state index is 0.103. The molecule has 0 aromatic carbocycles. The van der Waals surface area contributed by atoms with E-state index in [0.717, 1.165) is 25.8 Å². The molecule has 3 rings (SSSR count). The van der Waals surface area contributed by atoms with Crippen LogP contribution < -0.4 is 10.6 Å². The number of hydrogen-bond acceptors (Lipinski definition) is 4. The average Bonchev–Trinajstić information content (AvgIpc) is 3.13. The maximum atomic E-state index is 12.3. The van der Waals surface area contributed by atoms with E-state index in [2.05, 4.69) is 29.5 Å². The molecule has 4 atom stereocenters. The Bertz CT molecular complexity index is 493. The fraction of sp³-hybridized carbons (Fsp3) is 0.750. The van der Waals surface area contributed by atoms with Crippen LogP contribution in [0.2, 0.25) is 0 Å². The van der Waals surface area contributed by atoms with Gasteiger partial charge >= 0.3 is 0 Å². The van der Waals surface area contributed by atoms with Crippen molar-refractivity contribution in [3.8, 4) is 0 Å². The van der Waals surface area contributed by atoms with Gasteiger partial charge in [0.25, 0.3) is 5.91 Å². The van der Waals surface area contributed by atoms with Crippen molar-refractivity contribution in [2.45, 2.75) is 58.0 Å². The summed E-state index contributed by atoms with van der Waals surface area (Å²) in [6.45, 7) is 5.49. The van der Waals surface area contributed by atoms with Gasteiger partial charge in [0.2, 0.25) is 5.89 Å². The molecule has 2 heterocycles. The summed E-state index contributed by atoms with van der Waals surface area (Å²) in [5.74, 6) is 1.72. The third kappa shape index (κ3) is 3.12. The predicted molar refractivity (Wildman–Crippen MR) is 79.9 cm³/mol. The Hall–Kier alpha value is -1.36. The summed E-state index contributed by atoms with van der Waals surface area (Å²) >= 11 is 0. The van der Waals surface area contributed by atoms with Crippen LogP contribution in [0.25, 0.3) is 0 Å². The molecule has 2 aliphatic rings. The molecule has 1 aliphatic heterocycles. The number of rotatable bonds is 3. The predicted octanol–water partition coefficient (Wildman–Crippen LogP) is 2.65. The molecule has 0 radical (unpaired) electrons. The fourth-order valence-electron chi connectivity index (χ4n) is 3.48. The zero-order valence-corrected chi connectivity index (χ0v) is 12.9. The maximum absolute atomic E-state index is 12.3. The third-order valence-electron chi connectivity index (χ3n) is 5.14. The van der Waals surface area contributed by atoms with E-state index >= 15 is 0 Å². The first-order chi connectivity index (χ1) is 10.1. The number of nitrogens with zero attached hydrogens (tertiary/aromatic N) is 1. The fourth-order valence-corrected chi connectivity index (χ4v) is 3.48. The van der Waals surface area contributed by atoms with E-state index in [4.69, 9.17) is 4.42 Å². The molecule has 5 heteroatoms. The molecule has 1 aliphatic carbocycles. The number of hydrogen-bond donors (Lipinski definition) is 2. The zero-order chi connectivity index (χ0) is 14.8. The van der Waals surface area contributed by atoms with Crippen molar-refractivity contribution in [1.82, 2.24) is 15.6 Å². The van der Waals surface area contributed by atoms with Crippen LogP contribution in [0.1, 0.15) is 68.4 Å². The van der Waals surface area contributed by atoms with Crippen LogP contribution in [-0.2, 0) is 0 Å². The van der Waals surface area contributed by atoms with Crippen LogP contribution in [0.3, 0.4) is 0 Å². The van der Waals surface area contributed by atoms with Crippen molar-refractivity contribution in [3.05, 3.63) is 17.8 Å². The van der Waals surface area contributed by atoms with E-state index in [9.17, 15) is 4.79 Å². The Kier molecular flexibility index (Phi) is 4.29. The number of amides is 1. The Morgan fingerprint density at radius 3 is 2.95 bits per heavy atom. The molecule has 0 bridgehead atoms. The van der Waals surface area contributed by atoms with Gasteiger partial charge in [-0.1, -0.05) is 26.7 Å². The van der Waals surface area contributed by atoms with Gasteiger partial charge in [-0.2, -0.15) is 0 Å². The van der Waals surface area contributed by atoms with Gasteiger partial charge in [-0.15, -0.1) is 0 Å². The molecule has 1 aromatic heterocycles. The molecule has 116 valence electrons. The first kappa shape index (κ1) is 14.6. The maximum Gasteiger partial charge on any atom is 0.273 e. The summed E-state index contributed by atoms with van der Waals surface area (Å²) in [5, 5.41) is 6.47. The number of oxazole rings is 1. The summed E-state index contributed by atoms with van der Waals surface area (Å²) in [7, 11) is 0. The van der Waals surface area contributed by atoms with Gasteiger partial charge in [0, 0.05) is 6.04 Å². The highest BCUT2D eigenvalue weighted by atomic mass is 16.3. The van der Waals surface area contributed by atoms with E-state index in [1.807, 2.05) is 0 Å². The number of carbonyl (C=O) groups is 1. The highest BCUT2D eigenvalue weighted by Crippen LogP contribution is 2.29. The quantitative estimate of drug-likeness (QED) is 0.898. The van der Waals surface area contributed by atoms with Crippen molar-refractivity contribution in [3.63, 3.8) is 0 Å². The molecule has 1 saturated carbocycles. The van der Waals surface area contributed by atoms with Gasteiger partial charge in [0.1, 0.15) is 6.26 Å². The third-order valence-corrected chi connectivity index (χ3v) is 5.14. The molecular weight excluding hydrogens is 266 g/mol. The van der Waals surface area contributed by atoms with Gasteiger partial charge in [0.05, 0.1) is 6.04 Å². The van der Waals surface area contributed by atoms with Crippen molar-refractivity contribution in [2.24, 2.45) is 11.8 Å². The van der Waals surface area contributed by atoms with E-state index in [-0.39, 0.29) is 18.0 Å². The van der Waals surface area contributed by atoms with Crippen molar-refractivity contribution in [1.29, 1.82) is 0 Å². The standard InChI is InChI=1S/C16H25N3O2/c1-10-5-3-6-12(11(10)2)18-15(20)14-9-21-16(19-14)13-7-4-8-17-13/h9-13,17H,3-8H2,1-2H3,(H,18,20). The van der Waals surface area contributed by atoms with E-state index in [1.165, 1.54) is 19.1 Å². The zero-order valence-electron chi connectivity index (χ0n) is 12.9. The minimum Gasteiger partial charge on any atom is -0.446 e. The van der Waals surface area contributed by atoms with Crippen molar-refractivity contribution in [2.75, 3.05) is 6.54 Å². The summed E-state index contributed by atoms with van der Waals surface area (Å²) in [6, 6.07) is 0.422. The summed E-state index contributed by atoms with van der Waals surface area (Å²) in [6.07, 6.45) is 7.15. The monoisotopic (exact) mass is 291 g/mol. The highest BCUT2D eigenvalue weighted by molar-refractivity contribution is 5.92. The van der Waals surface area contributed by atoms with E-state index in [0.29, 0.717) is 23.4 Å². The van der Waals surface area contributed by atoms with Crippen LogP contribution in [0, 0.1) is 11.8 Å². The molecule has 2 N–H and O–H groups in total. The Morgan fingerprint density at radius 2 is 2.19 bits per heavy atom. The van der Waals surface area contributed by atoms with Gasteiger partial charge in [-0.25, -0.2) is 4.98 Å². The normalized spacial score (nSPS) is 33.0. The molecule has 1 aromatic rings. The summed E-state index contributed by atoms with van der Waals surface area (Å²) in [5.41, 5.74) is 0.407. The Labute approximate surface area is 125 Å². The van der Waals surface area contributed by atoms with Crippen LogP contribution in [0.15, 0.2) is 10.7 Å². The van der Waals surface area contributed by atoms with Gasteiger partial charge in [0.15, 0.2) is 5.69 Å². The molecule has 1 amide bonds. The second-order valence-corrected chi connectivity index (χ2v) is 6.57. The number of carbonyl (C=O) groups excluding carboxylic acids is 1. The van der Waals surface area contributed by atoms with Crippen LogP contribution in [0.4, 0.5) is 0 Å². The van der Waals surface area contributed by atoms with Gasteiger partial charge in [-0.05, 0) is 37.6 Å². The van der Waals surface area contributed by atoms with Crippen LogP contribution >= 0.6 is 0 Å². The van der Waals surface area contributed by atoms with E-state index < -0.39 is 0 Å². The Balaban J connectivity index is 1.62. The molecule has 0 spiro atoms. The average molecular weight is 291 g/mol. The number of nitrogens with one attached hydrogen (secondary N) is 2. The second-order valence-electron chi connectivity index (χ2n) is 6.57. The molecule has 1 saturated heterocycles. The first-order valence-electron chi connectivity index (χ1n) is 8.15. The molecule has 4 unspecified atom stereocenters. The largest absolute Gasteiger partial charge is 0.446 e. The first-order valence-corrected chi connectivity index (χ1v) is 8.15. The van der Waals surface area contributed by atoms with Crippen LogP contribution in [0.5, 0.6) is 0 Å². The molecular formula is C16H25N3O2. The lowest BCUT2D eigenvalue weighted by molar-refractivity contribution is 0.0886. The van der Waals surface area contributed by atoms with Gasteiger partial charge < -0.3 is 15.1 Å². The lowest BCUT2D eigenvalue weighted by Crippen LogP contribution is -2.43.